The molecule has 0 saturated carbocycles. The molecule has 2 aromatic carbocycles. The number of methoxy groups -OCH3 is 1. The summed E-state index contributed by atoms with van der Waals surface area (Å²) in [5, 5.41) is 11.8. The Morgan fingerprint density at radius 3 is 2.59 bits per heavy atom. The van der Waals surface area contributed by atoms with E-state index in [1.807, 2.05) is 11.4 Å². The molecule has 2 aromatic heterocycles. The second-order valence-corrected chi connectivity index (χ2v) is 9.19. The van der Waals surface area contributed by atoms with Gasteiger partial charge in [0.15, 0.2) is 5.82 Å². The molecule has 5 N–H and O–H groups in total. The highest BCUT2D eigenvalue weighted by Crippen LogP contribution is 2.40. The number of nitrogens with two attached hydrogens (primary N) is 1. The van der Waals surface area contributed by atoms with Gasteiger partial charge in [-0.25, -0.2) is 23.1 Å². The molecule has 0 fully saturated rings. The van der Waals surface area contributed by atoms with Crippen molar-refractivity contribution in [2.24, 2.45) is 0 Å². The first kappa shape index (κ1) is 28.0. The van der Waals surface area contributed by atoms with E-state index in [0.717, 1.165) is 17.8 Å². The number of carbonyl (C=O) groups excluding carboxylic acids is 1. The zero-order chi connectivity index (χ0) is 29.3. The second-order valence-electron chi connectivity index (χ2n) is 9.19. The number of aromatic nitrogens is 3. The number of carbonyl (C=O) groups is 1. The van der Waals surface area contributed by atoms with E-state index in [-0.39, 0.29) is 18.1 Å². The molecule has 0 bridgehead atoms. The van der Waals surface area contributed by atoms with E-state index in [0.29, 0.717) is 53.4 Å². The summed E-state index contributed by atoms with van der Waals surface area (Å²) in [6, 6.07) is 4.42. The van der Waals surface area contributed by atoms with Gasteiger partial charge in [-0.15, -0.1) is 0 Å². The van der Waals surface area contributed by atoms with Crippen LogP contribution in [-0.2, 0) is 17.5 Å². The molecule has 0 spiro atoms. The fraction of sp³-hybridized carbons (Fsp3) is 0.222. The minimum absolute atomic E-state index is 0.158. The van der Waals surface area contributed by atoms with Crippen LogP contribution in [-0.4, -0.2) is 40.8 Å². The van der Waals surface area contributed by atoms with Crippen LogP contribution in [0.5, 0.6) is 0 Å². The van der Waals surface area contributed by atoms with Gasteiger partial charge in [-0.1, -0.05) is 12.1 Å². The molecule has 3 heterocycles. The number of anilines is 3. The summed E-state index contributed by atoms with van der Waals surface area (Å²) in [7, 11) is 1.53. The van der Waals surface area contributed by atoms with Crippen LogP contribution in [0.3, 0.4) is 0 Å². The maximum absolute atomic E-state index is 15.3. The number of nitrogens with zero attached hydrogens (tertiary/aromatic N) is 3. The lowest BCUT2D eigenvalue weighted by atomic mass is 9.96. The number of hydrogen-bond donors (Lipinski definition) is 4. The van der Waals surface area contributed by atoms with Gasteiger partial charge in [0.2, 0.25) is 0 Å². The lowest BCUT2D eigenvalue weighted by Gasteiger charge is -2.16. The Hall–Kier alpha value is -4.56. The van der Waals surface area contributed by atoms with Gasteiger partial charge in [-0.3, -0.25) is 0 Å². The number of nitrogen functional groups attached to an aromatic ring is 1. The highest BCUT2D eigenvalue weighted by molar-refractivity contribution is 6.00. The van der Waals surface area contributed by atoms with Gasteiger partial charge in [-0.05, 0) is 54.4 Å². The minimum atomic E-state index is -4.74. The number of benzene rings is 2. The van der Waals surface area contributed by atoms with Crippen LogP contribution >= 0.6 is 0 Å². The maximum atomic E-state index is 15.3. The van der Waals surface area contributed by atoms with Crippen molar-refractivity contribution in [2.75, 3.05) is 36.6 Å². The fourth-order valence-electron chi connectivity index (χ4n) is 4.77. The summed E-state index contributed by atoms with van der Waals surface area (Å²) in [6.45, 7) is 1.57. The summed E-state index contributed by atoms with van der Waals surface area (Å²) in [4.78, 5) is 16.6. The van der Waals surface area contributed by atoms with Crippen LogP contribution in [0.4, 0.5) is 43.9 Å². The van der Waals surface area contributed by atoms with Crippen molar-refractivity contribution < 1.29 is 31.5 Å². The summed E-state index contributed by atoms with van der Waals surface area (Å²) in [5.74, 6) is -1.78. The topological polar surface area (TPSA) is 119 Å². The van der Waals surface area contributed by atoms with E-state index >= 15 is 4.39 Å². The largest absolute Gasteiger partial charge is 0.416 e. The molecule has 0 radical (unpaired) electrons. The lowest BCUT2D eigenvalue weighted by Crippen LogP contribution is -2.21. The highest BCUT2D eigenvalue weighted by atomic mass is 19.4. The lowest BCUT2D eigenvalue weighted by molar-refractivity contribution is -0.137. The van der Waals surface area contributed by atoms with Gasteiger partial charge in [0.1, 0.15) is 23.5 Å². The average Bonchev–Trinajstić information content (AvgIpc) is 3.26. The Morgan fingerprint density at radius 1 is 1.12 bits per heavy atom. The van der Waals surface area contributed by atoms with Crippen molar-refractivity contribution >= 4 is 34.3 Å². The van der Waals surface area contributed by atoms with Gasteiger partial charge in [-0.2, -0.15) is 18.3 Å². The van der Waals surface area contributed by atoms with Crippen molar-refractivity contribution in [3.05, 3.63) is 77.3 Å². The van der Waals surface area contributed by atoms with Crippen molar-refractivity contribution in [3.63, 3.8) is 0 Å². The molecule has 0 saturated heterocycles. The van der Waals surface area contributed by atoms with Crippen LogP contribution in [0.25, 0.3) is 22.2 Å². The predicted molar refractivity (Wildman–Crippen MR) is 143 cm³/mol. The van der Waals surface area contributed by atoms with E-state index in [2.05, 4.69) is 20.7 Å². The number of halogens is 5. The standard InChI is InChI=1S/C27H24F5N7O2/c1-41-12-17-22(24-25(33)35-13-36-39(24)23(17)14-6-8-34-9-7-14)15-2-5-20(19(29)10-15)37-26(40)38-21-11-16(27(30,31)32)3-4-18(21)28/h2-6,10-11,13,34H,7-9,12H2,1H3,(H2,33,35,36)(H2,37,38,40). The molecule has 0 atom stereocenters. The predicted octanol–water partition coefficient (Wildman–Crippen LogP) is 5.44. The second kappa shape index (κ2) is 11.1. The number of amides is 2. The molecule has 41 heavy (non-hydrogen) atoms. The van der Waals surface area contributed by atoms with Crippen LogP contribution in [0.2, 0.25) is 0 Å². The SMILES string of the molecule is COCc1c(-c2ccc(NC(=O)Nc3cc(C(F)(F)F)ccc3F)c(F)c2)c2c(N)ncnn2c1C1=CCNCC1. The zero-order valence-electron chi connectivity index (χ0n) is 21.6. The Kier molecular flexibility index (Phi) is 7.60. The molecule has 1 aliphatic heterocycles. The van der Waals surface area contributed by atoms with E-state index in [4.69, 9.17) is 10.5 Å². The number of urea groups is 1. The first-order valence-corrected chi connectivity index (χ1v) is 12.4. The van der Waals surface area contributed by atoms with Gasteiger partial charge >= 0.3 is 12.2 Å². The van der Waals surface area contributed by atoms with Crippen LogP contribution in [0.15, 0.2) is 48.8 Å². The molecule has 9 nitrogen and oxygen atoms in total. The Morgan fingerprint density at radius 2 is 1.90 bits per heavy atom. The van der Waals surface area contributed by atoms with E-state index < -0.39 is 35.1 Å². The number of ether oxygens (including phenoxy) is 1. The van der Waals surface area contributed by atoms with Crippen LogP contribution in [0, 0.1) is 11.6 Å². The third kappa shape index (κ3) is 5.56. The van der Waals surface area contributed by atoms with Gasteiger partial charge in [0.25, 0.3) is 0 Å². The normalized spacial score (nSPS) is 13.8. The van der Waals surface area contributed by atoms with Crippen LogP contribution < -0.4 is 21.7 Å². The maximum Gasteiger partial charge on any atom is 0.416 e. The zero-order valence-corrected chi connectivity index (χ0v) is 21.6. The van der Waals surface area contributed by atoms with E-state index in [1.54, 1.807) is 4.52 Å². The quantitative estimate of drug-likeness (QED) is 0.228. The molecule has 214 valence electrons. The van der Waals surface area contributed by atoms with Crippen molar-refractivity contribution in [3.8, 4) is 11.1 Å². The molecule has 1 aliphatic rings. The molecular weight excluding hydrogens is 549 g/mol. The molecule has 4 aromatic rings. The third-order valence-corrected chi connectivity index (χ3v) is 6.56. The smallest absolute Gasteiger partial charge is 0.382 e. The van der Waals surface area contributed by atoms with Crippen LogP contribution in [0.1, 0.15) is 23.2 Å². The first-order valence-electron chi connectivity index (χ1n) is 12.4. The highest BCUT2D eigenvalue weighted by Gasteiger charge is 2.31. The number of fused-ring (bicyclic) bond motifs is 1. The summed E-state index contributed by atoms with van der Waals surface area (Å²) in [5.41, 5.74) is 7.96. The fourth-order valence-corrected chi connectivity index (χ4v) is 4.77. The Labute approximate surface area is 230 Å². The van der Waals surface area contributed by atoms with E-state index in [9.17, 15) is 22.4 Å². The first-order chi connectivity index (χ1) is 19.6. The third-order valence-electron chi connectivity index (χ3n) is 6.56. The Bertz CT molecular complexity index is 1670. The molecule has 14 heteroatoms. The summed E-state index contributed by atoms with van der Waals surface area (Å²) < 4.78 is 75.5. The summed E-state index contributed by atoms with van der Waals surface area (Å²) in [6.07, 6.45) is -0.670. The molecule has 0 unspecified atom stereocenters. The van der Waals surface area contributed by atoms with Crippen molar-refractivity contribution in [1.29, 1.82) is 0 Å². The average molecular weight is 574 g/mol. The summed E-state index contributed by atoms with van der Waals surface area (Å²) >= 11 is 0. The van der Waals surface area contributed by atoms with Crippen molar-refractivity contribution in [1.82, 2.24) is 19.9 Å². The van der Waals surface area contributed by atoms with Crippen molar-refractivity contribution in [2.45, 2.75) is 19.2 Å². The molecule has 5 rings (SSSR count). The number of hydrogen-bond acceptors (Lipinski definition) is 6. The minimum Gasteiger partial charge on any atom is -0.382 e. The molecule has 2 amide bonds. The monoisotopic (exact) mass is 573 g/mol. The number of nitrogens with one attached hydrogen (secondary N) is 3. The Balaban J connectivity index is 1.50. The van der Waals surface area contributed by atoms with Gasteiger partial charge in [0.05, 0.1) is 29.2 Å². The van der Waals surface area contributed by atoms with E-state index in [1.165, 1.54) is 31.6 Å². The molecular formula is C27H24F5N7O2. The number of rotatable bonds is 6. The number of alkyl halides is 3. The molecule has 0 aliphatic carbocycles. The van der Waals surface area contributed by atoms with Gasteiger partial charge in [0, 0.05) is 24.8 Å². The van der Waals surface area contributed by atoms with Gasteiger partial charge < -0.3 is 26.4 Å².